The Morgan fingerprint density at radius 1 is 1.30 bits per heavy atom. The Balaban J connectivity index is 1.77. The van der Waals surface area contributed by atoms with Crippen molar-refractivity contribution >= 4 is 11.7 Å². The largest absolute Gasteiger partial charge is 0.494 e. The first kappa shape index (κ1) is 14.7. The molecule has 0 unspecified atom stereocenters. The number of H-pyrrole nitrogens is 1. The minimum Gasteiger partial charge on any atom is -0.494 e. The van der Waals surface area contributed by atoms with E-state index in [2.05, 4.69) is 20.5 Å². The van der Waals surface area contributed by atoms with Crippen LogP contribution in [0.3, 0.4) is 0 Å². The first-order valence-corrected chi connectivity index (χ1v) is 6.78. The van der Waals surface area contributed by atoms with Crippen LogP contribution in [0.4, 0.5) is 10.2 Å². The molecule has 0 aliphatic heterocycles. The lowest BCUT2D eigenvalue weighted by Crippen LogP contribution is -2.12. The molecule has 0 saturated heterocycles. The van der Waals surface area contributed by atoms with Gasteiger partial charge < -0.3 is 10.1 Å². The molecule has 0 aliphatic rings. The van der Waals surface area contributed by atoms with Crippen LogP contribution in [-0.2, 0) is 0 Å². The summed E-state index contributed by atoms with van der Waals surface area (Å²) in [7, 11) is 1.34. The molecule has 1 aromatic carbocycles. The second-order valence-corrected chi connectivity index (χ2v) is 4.71. The van der Waals surface area contributed by atoms with E-state index in [0.29, 0.717) is 5.82 Å². The van der Waals surface area contributed by atoms with E-state index in [1.807, 2.05) is 6.07 Å². The van der Waals surface area contributed by atoms with E-state index in [1.54, 1.807) is 24.5 Å². The number of aromatic nitrogens is 3. The summed E-state index contributed by atoms with van der Waals surface area (Å²) in [5.41, 5.74) is 1.85. The van der Waals surface area contributed by atoms with Gasteiger partial charge in [-0.15, -0.1) is 0 Å². The fourth-order valence-corrected chi connectivity index (χ4v) is 2.05. The molecule has 0 atom stereocenters. The number of pyridine rings is 1. The van der Waals surface area contributed by atoms with Gasteiger partial charge in [0.15, 0.2) is 17.4 Å². The summed E-state index contributed by atoms with van der Waals surface area (Å²) in [6.45, 7) is 0. The summed E-state index contributed by atoms with van der Waals surface area (Å²) >= 11 is 0. The number of nitrogens with one attached hydrogen (secondary N) is 2. The monoisotopic (exact) mass is 312 g/mol. The number of ether oxygens (including phenoxy) is 1. The minimum absolute atomic E-state index is 0.00993. The number of hydrogen-bond donors (Lipinski definition) is 2. The molecule has 2 N–H and O–H groups in total. The highest BCUT2D eigenvalue weighted by Gasteiger charge is 2.12. The molecule has 3 rings (SSSR count). The molecule has 0 aliphatic carbocycles. The van der Waals surface area contributed by atoms with E-state index in [1.165, 1.54) is 25.3 Å². The van der Waals surface area contributed by atoms with Gasteiger partial charge in [-0.2, -0.15) is 5.10 Å². The van der Waals surface area contributed by atoms with E-state index in [4.69, 9.17) is 4.74 Å². The first-order valence-electron chi connectivity index (χ1n) is 6.78. The van der Waals surface area contributed by atoms with Gasteiger partial charge in [0.25, 0.3) is 5.91 Å². The highest BCUT2D eigenvalue weighted by atomic mass is 19.1. The molecule has 1 amide bonds. The van der Waals surface area contributed by atoms with Crippen molar-refractivity contribution in [3.8, 4) is 17.0 Å². The second-order valence-electron chi connectivity index (χ2n) is 4.71. The molecule has 2 aromatic heterocycles. The standard InChI is InChI=1S/C16H13FN4O2/c1-23-14-7-10(4-5-12(14)17)16(22)19-15-8-13(20-21-15)11-3-2-6-18-9-11/h2-9H,1H3,(H2,19,20,21,22). The highest BCUT2D eigenvalue weighted by molar-refractivity contribution is 6.04. The number of hydrogen-bond acceptors (Lipinski definition) is 4. The fourth-order valence-electron chi connectivity index (χ4n) is 2.05. The van der Waals surface area contributed by atoms with Gasteiger partial charge >= 0.3 is 0 Å². The molecule has 6 nitrogen and oxygen atoms in total. The van der Waals surface area contributed by atoms with Gasteiger partial charge in [0.1, 0.15) is 0 Å². The van der Waals surface area contributed by atoms with Crippen LogP contribution in [0.5, 0.6) is 5.75 Å². The molecule has 7 heteroatoms. The van der Waals surface area contributed by atoms with Crippen molar-refractivity contribution in [3.63, 3.8) is 0 Å². The quantitative estimate of drug-likeness (QED) is 0.776. The van der Waals surface area contributed by atoms with Crippen LogP contribution in [0, 0.1) is 5.82 Å². The van der Waals surface area contributed by atoms with Crippen molar-refractivity contribution in [2.75, 3.05) is 12.4 Å². The number of carbonyl (C=O) groups excluding carboxylic acids is 1. The Morgan fingerprint density at radius 2 is 2.17 bits per heavy atom. The van der Waals surface area contributed by atoms with Crippen molar-refractivity contribution in [2.24, 2.45) is 0 Å². The Labute approximate surface area is 131 Å². The number of aromatic amines is 1. The molecular weight excluding hydrogens is 299 g/mol. The van der Waals surface area contributed by atoms with Crippen molar-refractivity contribution < 1.29 is 13.9 Å². The maximum atomic E-state index is 13.4. The molecular formula is C16H13FN4O2. The lowest BCUT2D eigenvalue weighted by molar-refractivity contribution is 0.102. The summed E-state index contributed by atoms with van der Waals surface area (Å²) in [6.07, 6.45) is 3.36. The van der Waals surface area contributed by atoms with Crippen molar-refractivity contribution in [1.29, 1.82) is 0 Å². The first-order chi connectivity index (χ1) is 11.2. The molecule has 116 valence electrons. The van der Waals surface area contributed by atoms with Gasteiger partial charge in [0, 0.05) is 29.6 Å². The molecule has 0 radical (unpaired) electrons. The smallest absolute Gasteiger partial charge is 0.257 e. The van der Waals surface area contributed by atoms with Gasteiger partial charge in [-0.1, -0.05) is 0 Å². The Hall–Kier alpha value is -3.22. The maximum Gasteiger partial charge on any atom is 0.257 e. The predicted octanol–water partition coefficient (Wildman–Crippen LogP) is 2.87. The second kappa shape index (κ2) is 6.27. The van der Waals surface area contributed by atoms with Crippen LogP contribution in [0.15, 0.2) is 48.8 Å². The van der Waals surface area contributed by atoms with E-state index < -0.39 is 11.7 Å². The number of nitrogens with zero attached hydrogens (tertiary/aromatic N) is 2. The van der Waals surface area contributed by atoms with Crippen molar-refractivity contribution in [3.05, 3.63) is 60.2 Å². The Morgan fingerprint density at radius 3 is 2.91 bits per heavy atom. The minimum atomic E-state index is -0.525. The average Bonchev–Trinajstić information content (AvgIpc) is 3.04. The zero-order valence-electron chi connectivity index (χ0n) is 12.2. The van der Waals surface area contributed by atoms with Gasteiger partial charge in [0.05, 0.1) is 12.8 Å². The van der Waals surface area contributed by atoms with E-state index in [0.717, 1.165) is 11.3 Å². The average molecular weight is 312 g/mol. The van der Waals surface area contributed by atoms with Crippen LogP contribution in [0.1, 0.15) is 10.4 Å². The third-order valence-corrected chi connectivity index (χ3v) is 3.21. The van der Waals surface area contributed by atoms with Gasteiger partial charge in [-0.3, -0.25) is 14.9 Å². The van der Waals surface area contributed by atoms with Gasteiger partial charge in [0.2, 0.25) is 0 Å². The van der Waals surface area contributed by atoms with Crippen molar-refractivity contribution in [2.45, 2.75) is 0 Å². The zero-order chi connectivity index (χ0) is 16.2. The highest BCUT2D eigenvalue weighted by Crippen LogP contribution is 2.21. The van der Waals surface area contributed by atoms with Gasteiger partial charge in [-0.05, 0) is 30.3 Å². The third kappa shape index (κ3) is 3.18. The Kier molecular flexibility index (Phi) is 4.01. The van der Waals surface area contributed by atoms with E-state index in [9.17, 15) is 9.18 Å². The van der Waals surface area contributed by atoms with Crippen LogP contribution in [0.25, 0.3) is 11.3 Å². The van der Waals surface area contributed by atoms with Crippen LogP contribution in [0.2, 0.25) is 0 Å². The summed E-state index contributed by atoms with van der Waals surface area (Å²) in [6, 6.07) is 9.26. The number of halogens is 1. The van der Waals surface area contributed by atoms with Crippen LogP contribution in [-0.4, -0.2) is 28.2 Å². The SMILES string of the molecule is COc1cc(C(=O)Nc2cc(-c3cccnc3)[nH]n2)ccc1F. The summed E-state index contributed by atoms with van der Waals surface area (Å²) in [5.74, 6) is -0.567. The number of anilines is 1. The number of amides is 1. The maximum absolute atomic E-state index is 13.4. The normalized spacial score (nSPS) is 10.3. The van der Waals surface area contributed by atoms with E-state index in [-0.39, 0.29) is 11.3 Å². The number of methoxy groups -OCH3 is 1. The fraction of sp³-hybridized carbons (Fsp3) is 0.0625. The molecule has 23 heavy (non-hydrogen) atoms. The molecule has 0 saturated carbocycles. The lowest BCUT2D eigenvalue weighted by atomic mass is 10.2. The third-order valence-electron chi connectivity index (χ3n) is 3.21. The molecule has 3 aromatic rings. The number of benzene rings is 1. The van der Waals surface area contributed by atoms with Gasteiger partial charge in [-0.25, -0.2) is 4.39 Å². The summed E-state index contributed by atoms with van der Waals surface area (Å²) in [4.78, 5) is 16.2. The van der Waals surface area contributed by atoms with E-state index >= 15 is 0 Å². The molecule has 0 bridgehead atoms. The van der Waals surface area contributed by atoms with Crippen LogP contribution >= 0.6 is 0 Å². The predicted molar refractivity (Wildman–Crippen MR) is 82.7 cm³/mol. The Bertz CT molecular complexity index is 833. The van der Waals surface area contributed by atoms with Crippen molar-refractivity contribution in [1.82, 2.24) is 15.2 Å². The zero-order valence-corrected chi connectivity index (χ0v) is 12.2. The lowest BCUT2D eigenvalue weighted by Gasteiger charge is -2.05. The number of carbonyl (C=O) groups is 1. The summed E-state index contributed by atoms with van der Waals surface area (Å²) in [5, 5.41) is 9.49. The summed E-state index contributed by atoms with van der Waals surface area (Å²) < 4.78 is 18.2. The number of rotatable bonds is 4. The topological polar surface area (TPSA) is 79.9 Å². The molecule has 2 heterocycles. The van der Waals surface area contributed by atoms with Crippen LogP contribution < -0.4 is 10.1 Å². The molecule has 0 spiro atoms. The molecule has 0 fully saturated rings.